The Kier molecular flexibility index (Phi) is 6.70. The molecule has 0 aliphatic carbocycles. The van der Waals surface area contributed by atoms with Crippen molar-refractivity contribution in [1.82, 2.24) is 4.90 Å². The number of hydrogen-bond acceptors (Lipinski definition) is 4. The Morgan fingerprint density at radius 3 is 2.38 bits per heavy atom. The monoisotopic (exact) mass is 430 g/mol. The van der Waals surface area contributed by atoms with E-state index < -0.39 is 0 Å². The highest BCUT2D eigenvalue weighted by Crippen LogP contribution is 2.30. The van der Waals surface area contributed by atoms with Gasteiger partial charge in [-0.3, -0.25) is 9.59 Å². The highest BCUT2D eigenvalue weighted by Gasteiger charge is 2.20. The van der Waals surface area contributed by atoms with Crippen LogP contribution in [0.4, 0.5) is 5.69 Å². The van der Waals surface area contributed by atoms with Crippen LogP contribution in [0.15, 0.2) is 72.8 Å². The second-order valence-corrected chi connectivity index (χ2v) is 7.57. The van der Waals surface area contributed by atoms with Crippen LogP contribution in [0.3, 0.4) is 0 Å². The molecule has 0 unspecified atom stereocenters. The molecule has 0 bridgehead atoms. The van der Waals surface area contributed by atoms with Gasteiger partial charge in [-0.2, -0.15) is 0 Å². The van der Waals surface area contributed by atoms with Crippen molar-refractivity contribution in [3.8, 4) is 17.2 Å². The number of likely N-dealkylation sites (tertiary alicyclic amines) is 1. The van der Waals surface area contributed by atoms with Gasteiger partial charge in [-0.05, 0) is 67.4 Å². The summed E-state index contributed by atoms with van der Waals surface area (Å²) in [6.07, 6.45) is 1.54. The summed E-state index contributed by atoms with van der Waals surface area (Å²) in [6.45, 7) is 3.92. The van der Waals surface area contributed by atoms with Gasteiger partial charge in [0, 0.05) is 25.1 Å². The Morgan fingerprint density at radius 2 is 1.69 bits per heavy atom. The lowest BCUT2D eigenvalue weighted by atomic mass is 10.1. The number of rotatable bonds is 8. The zero-order valence-electron chi connectivity index (χ0n) is 18.0. The van der Waals surface area contributed by atoms with Crippen molar-refractivity contribution in [2.24, 2.45) is 0 Å². The maximum Gasteiger partial charge on any atom is 0.255 e. The van der Waals surface area contributed by atoms with E-state index in [0.717, 1.165) is 24.3 Å². The van der Waals surface area contributed by atoms with Crippen molar-refractivity contribution in [2.75, 3.05) is 18.5 Å². The summed E-state index contributed by atoms with van der Waals surface area (Å²) in [6, 6.07) is 22.0. The zero-order valence-corrected chi connectivity index (χ0v) is 18.0. The molecule has 1 aliphatic rings. The Morgan fingerprint density at radius 1 is 0.969 bits per heavy atom. The summed E-state index contributed by atoms with van der Waals surface area (Å²) in [5.41, 5.74) is 2.13. The van der Waals surface area contributed by atoms with E-state index >= 15 is 0 Å². The van der Waals surface area contributed by atoms with Gasteiger partial charge in [0.15, 0.2) is 5.75 Å². The Bertz CT molecular complexity index is 1080. The molecule has 32 heavy (non-hydrogen) atoms. The lowest BCUT2D eigenvalue weighted by molar-refractivity contribution is -0.128. The van der Waals surface area contributed by atoms with Crippen molar-refractivity contribution >= 4 is 17.5 Å². The Hall–Kier alpha value is -3.80. The first-order valence-electron chi connectivity index (χ1n) is 10.8. The molecule has 164 valence electrons. The van der Waals surface area contributed by atoms with E-state index in [4.69, 9.17) is 9.47 Å². The zero-order chi connectivity index (χ0) is 22.3. The molecule has 0 spiro atoms. The number of nitrogens with one attached hydrogen (secondary N) is 1. The van der Waals surface area contributed by atoms with Gasteiger partial charge in [0.25, 0.3) is 5.91 Å². The van der Waals surface area contributed by atoms with E-state index in [2.05, 4.69) is 5.32 Å². The predicted molar refractivity (Wildman–Crippen MR) is 123 cm³/mol. The third-order valence-corrected chi connectivity index (χ3v) is 5.26. The number of para-hydroxylation sites is 2. The minimum absolute atomic E-state index is 0.191. The minimum atomic E-state index is -0.225. The van der Waals surface area contributed by atoms with Crippen LogP contribution in [-0.2, 0) is 11.3 Å². The molecule has 1 heterocycles. The molecule has 0 atom stereocenters. The van der Waals surface area contributed by atoms with Crippen LogP contribution in [0.25, 0.3) is 0 Å². The molecule has 3 aromatic rings. The van der Waals surface area contributed by atoms with E-state index in [0.29, 0.717) is 42.3 Å². The molecule has 3 aromatic carbocycles. The molecule has 6 heteroatoms. The Labute approximate surface area is 187 Å². The second kappa shape index (κ2) is 10.0. The average molecular weight is 431 g/mol. The number of hydrogen-bond donors (Lipinski definition) is 1. The fraction of sp³-hybridized carbons (Fsp3) is 0.231. The molecule has 6 nitrogen and oxygen atoms in total. The molecular weight excluding hydrogens is 404 g/mol. The third kappa shape index (κ3) is 5.27. The minimum Gasteiger partial charge on any atom is -0.494 e. The van der Waals surface area contributed by atoms with Crippen molar-refractivity contribution < 1.29 is 19.1 Å². The van der Waals surface area contributed by atoms with Crippen LogP contribution in [0.2, 0.25) is 0 Å². The lowest BCUT2D eigenvalue weighted by Crippen LogP contribution is -2.23. The van der Waals surface area contributed by atoms with Gasteiger partial charge in [-0.1, -0.05) is 24.3 Å². The maximum absolute atomic E-state index is 12.8. The molecule has 1 saturated heterocycles. The van der Waals surface area contributed by atoms with E-state index in [1.807, 2.05) is 66.4 Å². The van der Waals surface area contributed by atoms with Crippen LogP contribution in [0.5, 0.6) is 17.2 Å². The summed E-state index contributed by atoms with van der Waals surface area (Å²) in [5.74, 6) is 1.94. The van der Waals surface area contributed by atoms with Crippen LogP contribution in [0.1, 0.15) is 35.7 Å². The van der Waals surface area contributed by atoms with Gasteiger partial charge in [-0.25, -0.2) is 0 Å². The fourth-order valence-electron chi connectivity index (χ4n) is 3.60. The predicted octanol–water partition coefficient (Wildman–Crippen LogP) is 5.25. The summed E-state index contributed by atoms with van der Waals surface area (Å²) >= 11 is 0. The summed E-state index contributed by atoms with van der Waals surface area (Å²) in [4.78, 5) is 26.5. The van der Waals surface area contributed by atoms with Gasteiger partial charge in [-0.15, -0.1) is 0 Å². The molecule has 1 aliphatic heterocycles. The van der Waals surface area contributed by atoms with Crippen LogP contribution >= 0.6 is 0 Å². The second-order valence-electron chi connectivity index (χ2n) is 7.57. The number of carbonyl (C=O) groups is 2. The number of nitrogens with zero attached hydrogens (tertiary/aromatic N) is 1. The Balaban J connectivity index is 1.41. The van der Waals surface area contributed by atoms with Crippen LogP contribution in [0, 0.1) is 0 Å². The van der Waals surface area contributed by atoms with Crippen molar-refractivity contribution in [3.05, 3.63) is 83.9 Å². The summed E-state index contributed by atoms with van der Waals surface area (Å²) in [5, 5.41) is 2.93. The summed E-state index contributed by atoms with van der Waals surface area (Å²) < 4.78 is 11.4. The molecular formula is C26H26N2O4. The topological polar surface area (TPSA) is 67.9 Å². The number of anilines is 1. The number of ether oxygens (including phenoxy) is 2. The summed E-state index contributed by atoms with van der Waals surface area (Å²) in [7, 11) is 0. The SMILES string of the molecule is CCOc1ccc(Oc2ccccc2NC(=O)c2ccc(CN3CCCC3=O)cc2)cc1. The first kappa shape index (κ1) is 21.4. The highest BCUT2D eigenvalue weighted by molar-refractivity contribution is 6.05. The van der Waals surface area contributed by atoms with Gasteiger partial charge in [0.1, 0.15) is 11.5 Å². The van der Waals surface area contributed by atoms with Crippen LogP contribution in [-0.4, -0.2) is 29.9 Å². The molecule has 4 rings (SSSR count). The van der Waals surface area contributed by atoms with Crippen molar-refractivity contribution in [3.63, 3.8) is 0 Å². The largest absolute Gasteiger partial charge is 0.494 e. The molecule has 2 amide bonds. The number of carbonyl (C=O) groups excluding carboxylic acids is 2. The molecule has 0 radical (unpaired) electrons. The van der Waals surface area contributed by atoms with Gasteiger partial charge >= 0.3 is 0 Å². The number of amides is 2. The van der Waals surface area contributed by atoms with Crippen molar-refractivity contribution in [2.45, 2.75) is 26.3 Å². The van der Waals surface area contributed by atoms with Gasteiger partial charge in [0.05, 0.1) is 12.3 Å². The fourth-order valence-corrected chi connectivity index (χ4v) is 3.60. The van der Waals surface area contributed by atoms with Gasteiger partial charge in [0.2, 0.25) is 5.91 Å². The van der Waals surface area contributed by atoms with E-state index in [1.54, 1.807) is 18.2 Å². The molecule has 1 N–H and O–H groups in total. The van der Waals surface area contributed by atoms with Gasteiger partial charge < -0.3 is 19.7 Å². The van der Waals surface area contributed by atoms with E-state index in [-0.39, 0.29) is 11.8 Å². The molecule has 0 saturated carbocycles. The van der Waals surface area contributed by atoms with Crippen molar-refractivity contribution in [1.29, 1.82) is 0 Å². The normalized spacial score (nSPS) is 13.2. The smallest absolute Gasteiger partial charge is 0.255 e. The molecule has 0 aromatic heterocycles. The number of benzene rings is 3. The first-order chi connectivity index (χ1) is 15.6. The van der Waals surface area contributed by atoms with E-state index in [1.165, 1.54) is 0 Å². The third-order valence-electron chi connectivity index (χ3n) is 5.26. The highest BCUT2D eigenvalue weighted by atomic mass is 16.5. The van der Waals surface area contributed by atoms with Crippen LogP contribution < -0.4 is 14.8 Å². The standard InChI is InChI=1S/C26H26N2O4/c1-2-31-21-13-15-22(16-14-21)32-24-7-4-3-6-23(24)27-26(30)20-11-9-19(10-12-20)18-28-17-5-8-25(28)29/h3-4,6-7,9-16H,2,5,8,17-18H2,1H3,(H,27,30). The average Bonchev–Trinajstić information content (AvgIpc) is 3.21. The lowest BCUT2D eigenvalue weighted by Gasteiger charge is -2.16. The van der Waals surface area contributed by atoms with E-state index in [9.17, 15) is 9.59 Å². The first-order valence-corrected chi connectivity index (χ1v) is 10.8. The maximum atomic E-state index is 12.8. The molecule has 1 fully saturated rings. The quantitative estimate of drug-likeness (QED) is 0.530.